The first-order valence-electron chi connectivity index (χ1n) is 8.62. The molecule has 0 unspecified atom stereocenters. The highest BCUT2D eigenvalue weighted by atomic mass is 32.2. The number of sulfone groups is 1. The lowest BCUT2D eigenvalue weighted by Gasteiger charge is -2.08. The molecular weight excluding hydrogens is 477 g/mol. The summed E-state index contributed by atoms with van der Waals surface area (Å²) >= 11 is 2.41. The number of alkyl halides is 3. The molecule has 0 aliphatic carbocycles. The van der Waals surface area contributed by atoms with E-state index in [-0.39, 0.29) is 31.8 Å². The molecular formula is C18H15F3N2O5S3. The molecule has 2 aromatic heterocycles. The normalized spacial score (nSPS) is 12.3. The summed E-state index contributed by atoms with van der Waals surface area (Å²) in [6.45, 7) is -0.589. The van der Waals surface area contributed by atoms with Gasteiger partial charge in [-0.2, -0.15) is 13.2 Å². The molecule has 0 bridgehead atoms. The Hall–Kier alpha value is -2.19. The number of aliphatic hydroxyl groups is 2. The molecule has 0 radical (unpaired) electrons. The van der Waals surface area contributed by atoms with E-state index in [0.717, 1.165) is 12.1 Å². The quantitative estimate of drug-likeness (QED) is 0.497. The summed E-state index contributed by atoms with van der Waals surface area (Å²) in [6, 6.07) is 3.99. The van der Waals surface area contributed by atoms with Crippen molar-refractivity contribution in [2.24, 2.45) is 0 Å². The van der Waals surface area contributed by atoms with E-state index in [1.807, 2.05) is 0 Å². The average Bonchev–Trinajstić information content (AvgIpc) is 3.33. The molecule has 0 fully saturated rings. The first-order chi connectivity index (χ1) is 14.5. The zero-order valence-electron chi connectivity index (χ0n) is 15.6. The Morgan fingerprint density at radius 1 is 1.00 bits per heavy atom. The largest absolute Gasteiger partial charge is 0.501 e. The van der Waals surface area contributed by atoms with E-state index in [4.69, 9.17) is 0 Å². The van der Waals surface area contributed by atoms with Crippen molar-refractivity contribution in [2.75, 3.05) is 0 Å². The summed E-state index contributed by atoms with van der Waals surface area (Å²) in [5, 5.41) is 21.2. The second kappa shape index (κ2) is 9.12. The van der Waals surface area contributed by atoms with Crippen molar-refractivity contribution in [3.63, 3.8) is 0 Å². The lowest BCUT2D eigenvalue weighted by molar-refractivity contribution is -0.117. The van der Waals surface area contributed by atoms with Crippen molar-refractivity contribution in [1.29, 1.82) is 0 Å². The predicted molar refractivity (Wildman–Crippen MR) is 107 cm³/mol. The van der Waals surface area contributed by atoms with Crippen LogP contribution >= 0.6 is 22.7 Å². The highest BCUT2D eigenvalue weighted by molar-refractivity contribution is 7.92. The third kappa shape index (κ3) is 5.18. The second-order valence-corrected chi connectivity index (χ2v) is 10.3. The molecule has 13 heteroatoms. The first kappa shape index (κ1) is 23.5. The van der Waals surface area contributed by atoms with Crippen LogP contribution in [-0.2, 0) is 40.7 Å². The number of hydrogen-bond donors (Lipinski definition) is 2. The van der Waals surface area contributed by atoms with Crippen LogP contribution in [0.25, 0.3) is 10.6 Å². The van der Waals surface area contributed by atoms with Crippen LogP contribution in [0.1, 0.15) is 21.3 Å². The van der Waals surface area contributed by atoms with Crippen LogP contribution in [0.15, 0.2) is 34.5 Å². The number of nitrogens with zero attached hydrogens (tertiary/aromatic N) is 2. The number of Topliss-reactive ketones (excluding diaryl/α,β-unsaturated/α-hetero) is 1. The number of rotatable bonds is 8. The van der Waals surface area contributed by atoms with Crippen LogP contribution in [0.4, 0.5) is 13.2 Å². The molecule has 7 nitrogen and oxygen atoms in total. The number of hydrogen-bond acceptors (Lipinski definition) is 9. The van der Waals surface area contributed by atoms with E-state index in [9.17, 15) is 36.6 Å². The number of ketones is 1. The minimum atomic E-state index is -5.43. The minimum Gasteiger partial charge on any atom is -0.390 e. The summed E-state index contributed by atoms with van der Waals surface area (Å²) in [6.07, 6.45) is -0.119. The Labute approximate surface area is 182 Å². The van der Waals surface area contributed by atoms with Crippen LogP contribution in [0, 0.1) is 0 Å². The van der Waals surface area contributed by atoms with E-state index in [1.165, 1.54) is 34.8 Å². The number of aromatic nitrogens is 2. The van der Waals surface area contributed by atoms with Crippen LogP contribution in [0.2, 0.25) is 0 Å². The summed E-state index contributed by atoms with van der Waals surface area (Å²) in [7, 11) is -5.43. The van der Waals surface area contributed by atoms with Crippen molar-refractivity contribution >= 4 is 38.3 Å². The van der Waals surface area contributed by atoms with Crippen LogP contribution in [-0.4, -0.2) is 39.9 Å². The van der Waals surface area contributed by atoms with Gasteiger partial charge in [-0.3, -0.25) is 4.79 Å². The molecule has 0 spiro atoms. The predicted octanol–water partition coefficient (Wildman–Crippen LogP) is 2.90. The lowest BCUT2D eigenvalue weighted by Crippen LogP contribution is -2.23. The van der Waals surface area contributed by atoms with Gasteiger partial charge < -0.3 is 10.2 Å². The Kier molecular flexibility index (Phi) is 6.91. The third-order valence-corrected chi connectivity index (χ3v) is 7.55. The Morgan fingerprint density at radius 2 is 1.68 bits per heavy atom. The van der Waals surface area contributed by atoms with Gasteiger partial charge in [-0.05, 0) is 17.7 Å². The Balaban J connectivity index is 1.68. The van der Waals surface area contributed by atoms with Gasteiger partial charge in [0.15, 0.2) is 0 Å². The topological polar surface area (TPSA) is 117 Å². The molecule has 3 rings (SSSR count). The number of carbonyl (C=O) groups is 1. The van der Waals surface area contributed by atoms with Gasteiger partial charge in [0.05, 0.1) is 40.8 Å². The highest BCUT2D eigenvalue weighted by Crippen LogP contribution is 2.32. The molecule has 31 heavy (non-hydrogen) atoms. The van der Waals surface area contributed by atoms with E-state index in [1.54, 1.807) is 5.38 Å². The van der Waals surface area contributed by atoms with Gasteiger partial charge in [0.25, 0.3) is 9.84 Å². The van der Waals surface area contributed by atoms with Crippen molar-refractivity contribution in [2.45, 2.75) is 36.5 Å². The Bertz CT molecular complexity index is 1180. The Morgan fingerprint density at radius 3 is 2.26 bits per heavy atom. The SMILES string of the molecule is O=C(Cc1ccc(S(=O)(=O)C(F)(F)F)cc1)Cc1nc(-c2sc(CO)nc2CO)cs1. The summed E-state index contributed by atoms with van der Waals surface area (Å²) in [4.78, 5) is 20.5. The summed E-state index contributed by atoms with van der Waals surface area (Å²) < 4.78 is 60.5. The number of carbonyl (C=O) groups excluding carboxylic acids is 1. The van der Waals surface area contributed by atoms with Crippen molar-refractivity contribution < 1.29 is 36.6 Å². The van der Waals surface area contributed by atoms with Gasteiger partial charge in [-0.15, -0.1) is 22.7 Å². The maximum absolute atomic E-state index is 12.6. The molecule has 1 aromatic carbocycles. The second-order valence-electron chi connectivity index (χ2n) is 6.31. The molecule has 0 aliphatic heterocycles. The fourth-order valence-corrected chi connectivity index (χ4v) is 5.19. The van der Waals surface area contributed by atoms with Crippen molar-refractivity contribution in [3.8, 4) is 10.6 Å². The smallest absolute Gasteiger partial charge is 0.390 e. The molecule has 0 aliphatic rings. The fraction of sp³-hybridized carbons (Fsp3) is 0.278. The number of halogens is 3. The summed E-state index contributed by atoms with van der Waals surface area (Å²) in [5.41, 5.74) is -4.11. The van der Waals surface area contributed by atoms with E-state index < -0.39 is 20.2 Å². The zero-order valence-corrected chi connectivity index (χ0v) is 18.0. The van der Waals surface area contributed by atoms with Crippen molar-refractivity contribution in [3.05, 3.63) is 50.9 Å². The number of thiazole rings is 2. The average molecular weight is 493 g/mol. The van der Waals surface area contributed by atoms with Gasteiger partial charge in [-0.25, -0.2) is 18.4 Å². The molecule has 166 valence electrons. The van der Waals surface area contributed by atoms with E-state index in [2.05, 4.69) is 9.97 Å². The van der Waals surface area contributed by atoms with Gasteiger partial charge in [-0.1, -0.05) is 12.1 Å². The van der Waals surface area contributed by atoms with Gasteiger partial charge >= 0.3 is 5.51 Å². The zero-order chi connectivity index (χ0) is 22.8. The minimum absolute atomic E-state index is 0.0204. The first-order valence-corrected chi connectivity index (χ1v) is 11.8. The molecule has 2 N–H and O–H groups in total. The van der Waals surface area contributed by atoms with Crippen LogP contribution in [0.5, 0.6) is 0 Å². The van der Waals surface area contributed by atoms with E-state index >= 15 is 0 Å². The fourth-order valence-electron chi connectivity index (χ4n) is 2.65. The standard InChI is InChI=1S/C18H15F3N2O5S3/c19-18(20,21)31(27,28)12-3-1-10(2-4-12)5-11(26)6-15-23-14(9-29-15)17-13(7-24)22-16(8-25)30-17/h1-4,9,24-25H,5-8H2. The molecule has 2 heterocycles. The molecule has 0 amide bonds. The van der Waals surface area contributed by atoms with Crippen LogP contribution in [0.3, 0.4) is 0 Å². The monoisotopic (exact) mass is 492 g/mol. The van der Waals surface area contributed by atoms with Gasteiger partial charge in [0.1, 0.15) is 15.8 Å². The maximum Gasteiger partial charge on any atom is 0.501 e. The lowest BCUT2D eigenvalue weighted by atomic mass is 10.1. The van der Waals surface area contributed by atoms with Gasteiger partial charge in [0.2, 0.25) is 0 Å². The van der Waals surface area contributed by atoms with Gasteiger partial charge in [0, 0.05) is 11.8 Å². The number of benzene rings is 1. The van der Waals surface area contributed by atoms with Crippen molar-refractivity contribution in [1.82, 2.24) is 9.97 Å². The molecule has 3 aromatic rings. The molecule has 0 saturated heterocycles. The van der Waals surface area contributed by atoms with E-state index in [0.29, 0.717) is 31.8 Å². The summed E-state index contributed by atoms with van der Waals surface area (Å²) in [5.74, 6) is -0.255. The third-order valence-electron chi connectivity index (χ3n) is 4.10. The molecule has 0 saturated carbocycles. The highest BCUT2D eigenvalue weighted by Gasteiger charge is 2.46. The van der Waals surface area contributed by atoms with Crippen LogP contribution < -0.4 is 0 Å². The number of aliphatic hydroxyl groups excluding tert-OH is 2. The molecule has 0 atom stereocenters. The maximum atomic E-state index is 12.6.